The minimum atomic E-state index is 0.986. The van der Waals surface area contributed by atoms with E-state index >= 15 is 0 Å². The Kier molecular flexibility index (Phi) is 4.50. The molecule has 0 bridgehead atoms. The van der Waals surface area contributed by atoms with Crippen molar-refractivity contribution in [1.29, 1.82) is 0 Å². The van der Waals surface area contributed by atoms with E-state index < -0.39 is 0 Å². The Hall–Kier alpha value is -0.0651. The summed E-state index contributed by atoms with van der Waals surface area (Å²) in [4.78, 5) is 0. The topological polar surface area (TPSA) is 0 Å². The van der Waals surface area contributed by atoms with Crippen LogP contribution in [0.1, 0.15) is 59.3 Å². The molecule has 0 aromatic carbocycles. The third kappa shape index (κ3) is 3.23. The molecular weight excluding hydrogens is 203 g/mol. The molecule has 3 unspecified atom stereocenters. The summed E-state index contributed by atoms with van der Waals surface area (Å²) >= 11 is 0. The fourth-order valence-electron chi connectivity index (χ4n) is 4.16. The van der Waals surface area contributed by atoms with Crippen LogP contribution in [0.15, 0.2) is 0 Å². The van der Waals surface area contributed by atoms with Gasteiger partial charge in [0, 0.05) is 0 Å². The summed E-state index contributed by atoms with van der Waals surface area (Å²) in [6.45, 7) is 11.8. The average molecular weight is 232 g/mol. The third-order valence-electron chi connectivity index (χ3n) is 5.41. The Morgan fingerprint density at radius 1 is 1.12 bits per heavy atom. The van der Waals surface area contributed by atoms with Crippen LogP contribution in [-0.4, -0.2) is 12.4 Å². The van der Waals surface area contributed by atoms with E-state index in [4.69, 9.17) is 0 Å². The maximum atomic E-state index is 2.51. The summed E-state index contributed by atoms with van der Waals surface area (Å²) < 4.78 is 0. The van der Waals surface area contributed by atoms with Crippen molar-refractivity contribution in [2.45, 2.75) is 66.1 Å². The first kappa shape index (κ1) is 13.4. The predicted molar refractivity (Wildman–Crippen MR) is 78.8 cm³/mol. The van der Waals surface area contributed by atoms with Crippen molar-refractivity contribution in [3.8, 4) is 0 Å². The van der Waals surface area contributed by atoms with E-state index in [9.17, 15) is 0 Å². The maximum absolute atomic E-state index is 2.51. The summed E-state index contributed by atoms with van der Waals surface area (Å²) in [5.74, 6) is 5.16. The van der Waals surface area contributed by atoms with Gasteiger partial charge in [0.2, 0.25) is 0 Å². The van der Waals surface area contributed by atoms with Crippen LogP contribution in [0.25, 0.3) is 0 Å². The minimum absolute atomic E-state index is 0.986. The molecule has 2 aliphatic rings. The zero-order valence-electron chi connectivity index (χ0n) is 12.2. The van der Waals surface area contributed by atoms with Crippen LogP contribution in [0.2, 0.25) is 6.82 Å². The number of hydrogen-bond donors (Lipinski definition) is 0. The normalized spacial score (nSPS) is 42.1. The van der Waals surface area contributed by atoms with Gasteiger partial charge in [-0.3, -0.25) is 0 Å². The van der Waals surface area contributed by atoms with Crippen LogP contribution in [0.3, 0.4) is 0 Å². The SMILES string of the molecule is C/B=C(/CC)CC1CC1C1CC[C@H](C)C[C@H]1C. The zero-order valence-corrected chi connectivity index (χ0v) is 12.2. The third-order valence-corrected chi connectivity index (χ3v) is 5.41. The van der Waals surface area contributed by atoms with Gasteiger partial charge in [0.25, 0.3) is 0 Å². The second kappa shape index (κ2) is 5.72. The number of hydrogen-bond acceptors (Lipinski definition) is 0. The Morgan fingerprint density at radius 2 is 1.88 bits per heavy atom. The number of rotatable bonds is 4. The molecular formula is C16H29B. The van der Waals surface area contributed by atoms with E-state index in [-0.39, 0.29) is 0 Å². The van der Waals surface area contributed by atoms with Crippen molar-refractivity contribution < 1.29 is 0 Å². The van der Waals surface area contributed by atoms with Gasteiger partial charge >= 0.3 is 108 Å². The van der Waals surface area contributed by atoms with Crippen LogP contribution >= 0.6 is 0 Å². The first-order chi connectivity index (χ1) is 8.15. The average Bonchev–Trinajstić information content (AvgIpc) is 3.05. The van der Waals surface area contributed by atoms with Crippen molar-refractivity contribution >= 4 is 12.4 Å². The standard InChI is InChI=1S/C16H29B/c1-5-14(17-4)9-13-10-16(13)15-7-6-11(2)8-12(15)3/h11-13,15-16H,5-10H2,1-4H3/t11-,12+,13?,15?,16?/m0/s1. The molecule has 0 N–H and O–H groups in total. The van der Waals surface area contributed by atoms with Gasteiger partial charge in [-0.25, -0.2) is 0 Å². The summed E-state index contributed by atoms with van der Waals surface area (Å²) in [6.07, 6.45) is 8.68. The van der Waals surface area contributed by atoms with Gasteiger partial charge in [-0.05, 0) is 0 Å². The molecule has 0 amide bonds. The van der Waals surface area contributed by atoms with Gasteiger partial charge in [-0.2, -0.15) is 0 Å². The quantitative estimate of drug-likeness (QED) is 0.629. The first-order valence-electron chi connectivity index (χ1n) is 7.79. The van der Waals surface area contributed by atoms with E-state index in [2.05, 4.69) is 34.5 Å². The fourth-order valence-corrected chi connectivity index (χ4v) is 4.16. The fraction of sp³-hybridized carbons (Fsp3) is 0.938. The zero-order chi connectivity index (χ0) is 12.4. The van der Waals surface area contributed by atoms with E-state index in [0.29, 0.717) is 0 Å². The summed E-state index contributed by atoms with van der Waals surface area (Å²) in [6, 6.07) is 0. The molecule has 0 heterocycles. The van der Waals surface area contributed by atoms with Crippen molar-refractivity contribution in [2.24, 2.45) is 29.6 Å². The monoisotopic (exact) mass is 232 g/mol. The van der Waals surface area contributed by atoms with Crippen molar-refractivity contribution in [1.82, 2.24) is 0 Å². The molecule has 0 spiro atoms. The molecule has 2 saturated carbocycles. The molecule has 0 saturated heterocycles. The summed E-state index contributed by atoms with van der Waals surface area (Å²) in [5, 5.41) is 0. The molecule has 0 nitrogen and oxygen atoms in total. The van der Waals surface area contributed by atoms with Crippen LogP contribution in [0.4, 0.5) is 0 Å². The molecule has 0 radical (unpaired) electrons. The van der Waals surface area contributed by atoms with Gasteiger partial charge < -0.3 is 0 Å². The van der Waals surface area contributed by atoms with Crippen LogP contribution < -0.4 is 0 Å². The molecule has 0 aromatic rings. The van der Waals surface area contributed by atoms with E-state index in [0.717, 1.165) is 29.6 Å². The molecule has 17 heavy (non-hydrogen) atoms. The summed E-state index contributed by atoms with van der Waals surface area (Å²) in [7, 11) is 0. The van der Waals surface area contributed by atoms with E-state index in [1.807, 2.05) is 0 Å². The van der Waals surface area contributed by atoms with E-state index in [1.165, 1.54) is 38.5 Å². The van der Waals surface area contributed by atoms with Crippen LogP contribution in [0, 0.1) is 29.6 Å². The molecule has 2 rings (SSSR count). The second-order valence-electron chi connectivity index (χ2n) is 6.72. The van der Waals surface area contributed by atoms with Gasteiger partial charge in [-0.1, -0.05) is 0 Å². The summed E-state index contributed by atoms with van der Waals surface area (Å²) in [5.41, 5.74) is 1.69. The molecule has 1 heteroatoms. The molecule has 96 valence electrons. The predicted octanol–water partition coefficient (Wildman–Crippen LogP) is 4.42. The molecule has 0 aliphatic heterocycles. The Labute approximate surface area is 108 Å². The van der Waals surface area contributed by atoms with Gasteiger partial charge in [0.15, 0.2) is 0 Å². The van der Waals surface area contributed by atoms with E-state index in [1.54, 1.807) is 5.46 Å². The second-order valence-corrected chi connectivity index (χ2v) is 6.72. The molecule has 0 aromatic heterocycles. The Bertz CT molecular complexity index is 281. The Morgan fingerprint density at radius 3 is 2.47 bits per heavy atom. The van der Waals surface area contributed by atoms with Crippen molar-refractivity contribution in [2.75, 3.05) is 0 Å². The van der Waals surface area contributed by atoms with Crippen LogP contribution in [-0.2, 0) is 0 Å². The molecule has 2 aliphatic carbocycles. The van der Waals surface area contributed by atoms with Crippen molar-refractivity contribution in [3.05, 3.63) is 0 Å². The van der Waals surface area contributed by atoms with Crippen LogP contribution in [0.5, 0.6) is 0 Å². The molecule has 2 fully saturated rings. The first-order valence-corrected chi connectivity index (χ1v) is 7.79. The Balaban J connectivity index is 1.82. The molecule has 5 atom stereocenters. The van der Waals surface area contributed by atoms with Gasteiger partial charge in [0.05, 0.1) is 0 Å². The van der Waals surface area contributed by atoms with Crippen molar-refractivity contribution in [3.63, 3.8) is 0 Å². The van der Waals surface area contributed by atoms with Gasteiger partial charge in [-0.15, -0.1) is 0 Å². The van der Waals surface area contributed by atoms with Gasteiger partial charge in [0.1, 0.15) is 0 Å².